The van der Waals surface area contributed by atoms with E-state index in [1.165, 1.54) is 12.1 Å². The highest BCUT2D eigenvalue weighted by atomic mass is 32.2. The normalized spacial score (nSPS) is 11.6. The maximum atomic E-state index is 11.5. The average molecular weight is 313 g/mol. The number of primary sulfonamides is 1. The van der Waals surface area contributed by atoms with E-state index < -0.39 is 10.0 Å². The number of carbonyl (C=O) groups excluding carboxylic acids is 1. The fourth-order valence-corrected chi connectivity index (χ4v) is 2.36. The summed E-state index contributed by atoms with van der Waals surface area (Å²) >= 11 is 0. The fraction of sp³-hybridized carbons (Fsp3) is 0.533. The summed E-state index contributed by atoms with van der Waals surface area (Å²) in [7, 11) is -3.66. The zero-order valence-electron chi connectivity index (χ0n) is 12.5. The van der Waals surface area contributed by atoms with Gasteiger partial charge in [0.15, 0.2) is 0 Å². The van der Waals surface area contributed by atoms with E-state index in [4.69, 9.17) is 9.88 Å². The van der Waals surface area contributed by atoms with Gasteiger partial charge < -0.3 is 4.74 Å². The van der Waals surface area contributed by atoms with Crippen LogP contribution in [0.4, 0.5) is 0 Å². The Labute approximate surface area is 126 Å². The number of carbonyl (C=O) groups is 1. The fourth-order valence-electron chi connectivity index (χ4n) is 1.84. The minimum Gasteiger partial charge on any atom is -0.466 e. The minimum absolute atomic E-state index is 0.0718. The van der Waals surface area contributed by atoms with E-state index in [1.807, 2.05) is 0 Å². The Morgan fingerprint density at radius 1 is 1.24 bits per heavy atom. The third-order valence-corrected chi connectivity index (χ3v) is 3.99. The highest BCUT2D eigenvalue weighted by molar-refractivity contribution is 7.89. The summed E-state index contributed by atoms with van der Waals surface area (Å²) in [5.41, 5.74) is 0.876. The van der Waals surface area contributed by atoms with Crippen LogP contribution >= 0.6 is 0 Å². The smallest absolute Gasteiger partial charge is 0.306 e. The molecule has 0 saturated heterocycles. The van der Waals surface area contributed by atoms with Gasteiger partial charge in [-0.1, -0.05) is 26.0 Å². The largest absolute Gasteiger partial charge is 0.466 e. The number of hydrogen-bond donors (Lipinski definition) is 1. The summed E-state index contributed by atoms with van der Waals surface area (Å²) in [6.07, 6.45) is 2.74. The maximum absolute atomic E-state index is 11.5. The second kappa shape index (κ2) is 8.14. The average Bonchev–Trinajstić information content (AvgIpc) is 2.40. The van der Waals surface area contributed by atoms with Crippen LogP contribution in [-0.2, 0) is 26.0 Å². The van der Waals surface area contributed by atoms with Crippen LogP contribution in [0.3, 0.4) is 0 Å². The van der Waals surface area contributed by atoms with Crippen molar-refractivity contribution in [3.63, 3.8) is 0 Å². The van der Waals surface area contributed by atoms with Crippen LogP contribution in [0, 0.1) is 5.92 Å². The first-order valence-electron chi connectivity index (χ1n) is 7.06. The molecule has 0 atom stereocenters. The first-order valence-corrected chi connectivity index (χ1v) is 8.61. The summed E-state index contributed by atoms with van der Waals surface area (Å²) < 4.78 is 27.4. The van der Waals surface area contributed by atoms with E-state index in [2.05, 4.69) is 13.8 Å². The number of rotatable bonds is 8. The first-order chi connectivity index (χ1) is 9.79. The van der Waals surface area contributed by atoms with E-state index in [1.54, 1.807) is 12.1 Å². The molecule has 0 radical (unpaired) electrons. The van der Waals surface area contributed by atoms with Gasteiger partial charge >= 0.3 is 5.97 Å². The molecule has 1 rings (SSSR count). The second-order valence-corrected chi connectivity index (χ2v) is 7.01. The van der Waals surface area contributed by atoms with Crippen LogP contribution < -0.4 is 5.14 Å². The third-order valence-electron chi connectivity index (χ3n) is 3.06. The molecule has 0 aliphatic heterocycles. The molecule has 6 heteroatoms. The summed E-state index contributed by atoms with van der Waals surface area (Å²) in [4.78, 5) is 11.6. The Balaban J connectivity index is 2.33. The van der Waals surface area contributed by atoms with Crippen LogP contribution in [0.2, 0.25) is 0 Å². The van der Waals surface area contributed by atoms with Gasteiger partial charge in [-0.2, -0.15) is 0 Å². The summed E-state index contributed by atoms with van der Waals surface area (Å²) in [6, 6.07) is 6.20. The van der Waals surface area contributed by atoms with E-state index in [0.29, 0.717) is 18.9 Å². The predicted octanol–water partition coefficient (Wildman–Crippen LogP) is 2.25. The van der Waals surface area contributed by atoms with Gasteiger partial charge in [0.2, 0.25) is 10.0 Å². The molecule has 1 aromatic rings. The summed E-state index contributed by atoms with van der Waals surface area (Å²) in [6.45, 7) is 4.72. The van der Waals surface area contributed by atoms with Crippen molar-refractivity contribution in [3.8, 4) is 0 Å². The van der Waals surface area contributed by atoms with Crippen LogP contribution in [-0.4, -0.2) is 21.0 Å². The molecule has 0 saturated carbocycles. The lowest BCUT2D eigenvalue weighted by Crippen LogP contribution is -2.12. The van der Waals surface area contributed by atoms with Gasteiger partial charge in [-0.15, -0.1) is 0 Å². The zero-order valence-corrected chi connectivity index (χ0v) is 13.4. The Kier molecular flexibility index (Phi) is 6.84. The quantitative estimate of drug-likeness (QED) is 0.589. The molecule has 0 aromatic heterocycles. The van der Waals surface area contributed by atoms with Crippen molar-refractivity contribution in [3.05, 3.63) is 29.8 Å². The van der Waals surface area contributed by atoms with Crippen molar-refractivity contribution in [1.29, 1.82) is 0 Å². The monoisotopic (exact) mass is 313 g/mol. The molecule has 21 heavy (non-hydrogen) atoms. The van der Waals surface area contributed by atoms with Crippen molar-refractivity contribution in [2.24, 2.45) is 11.1 Å². The molecule has 0 unspecified atom stereocenters. The predicted molar refractivity (Wildman–Crippen MR) is 81.2 cm³/mol. The molecule has 118 valence electrons. The molecule has 0 amide bonds. The molecule has 5 nitrogen and oxygen atoms in total. The van der Waals surface area contributed by atoms with Crippen molar-refractivity contribution in [2.75, 3.05) is 6.61 Å². The van der Waals surface area contributed by atoms with Crippen molar-refractivity contribution in [2.45, 2.75) is 44.4 Å². The van der Waals surface area contributed by atoms with Crippen LogP contribution in [0.5, 0.6) is 0 Å². The van der Waals surface area contributed by atoms with Crippen LogP contribution in [0.25, 0.3) is 0 Å². The van der Waals surface area contributed by atoms with Crippen molar-refractivity contribution < 1.29 is 17.9 Å². The lowest BCUT2D eigenvalue weighted by molar-refractivity contribution is -0.143. The van der Waals surface area contributed by atoms with E-state index in [-0.39, 0.29) is 17.3 Å². The van der Waals surface area contributed by atoms with E-state index >= 15 is 0 Å². The number of sulfonamides is 1. The third kappa shape index (κ3) is 7.24. The van der Waals surface area contributed by atoms with Gasteiger partial charge in [-0.05, 0) is 42.9 Å². The molecular formula is C15H23NO4S. The highest BCUT2D eigenvalue weighted by Crippen LogP contribution is 2.11. The molecule has 2 N–H and O–H groups in total. The van der Waals surface area contributed by atoms with E-state index in [9.17, 15) is 13.2 Å². The molecule has 0 spiro atoms. The Bertz CT molecular complexity index is 550. The van der Waals surface area contributed by atoms with Crippen LogP contribution in [0.15, 0.2) is 29.2 Å². The number of nitrogens with two attached hydrogens (primary N) is 1. The Morgan fingerprint density at radius 3 is 2.38 bits per heavy atom. The zero-order chi connectivity index (χ0) is 15.9. The Morgan fingerprint density at radius 2 is 1.86 bits per heavy atom. The van der Waals surface area contributed by atoms with Gasteiger partial charge in [-0.3, -0.25) is 4.79 Å². The number of hydrogen-bond acceptors (Lipinski definition) is 4. The van der Waals surface area contributed by atoms with E-state index in [0.717, 1.165) is 18.4 Å². The summed E-state index contributed by atoms with van der Waals surface area (Å²) in [5.74, 6) is 0.385. The van der Waals surface area contributed by atoms with Gasteiger partial charge in [-0.25, -0.2) is 13.6 Å². The molecule has 0 aliphatic rings. The topological polar surface area (TPSA) is 86.5 Å². The lowest BCUT2D eigenvalue weighted by Gasteiger charge is -2.07. The molecule has 0 aliphatic carbocycles. The number of benzene rings is 1. The number of ether oxygens (including phenoxy) is 1. The molecule has 0 fully saturated rings. The molecule has 0 heterocycles. The van der Waals surface area contributed by atoms with Crippen LogP contribution in [0.1, 0.15) is 38.7 Å². The number of aryl methyl sites for hydroxylation is 1. The second-order valence-electron chi connectivity index (χ2n) is 5.45. The van der Waals surface area contributed by atoms with Gasteiger partial charge in [0.05, 0.1) is 11.5 Å². The molecular weight excluding hydrogens is 290 g/mol. The lowest BCUT2D eigenvalue weighted by atomic mass is 10.1. The Hall–Kier alpha value is -1.40. The SMILES string of the molecule is CC(C)CCCOC(=O)CCc1ccc(S(N)(=O)=O)cc1. The van der Waals surface area contributed by atoms with Gasteiger partial charge in [0, 0.05) is 6.42 Å². The summed E-state index contributed by atoms with van der Waals surface area (Å²) in [5, 5.41) is 5.02. The number of esters is 1. The minimum atomic E-state index is -3.66. The van der Waals surface area contributed by atoms with Crippen molar-refractivity contribution in [1.82, 2.24) is 0 Å². The highest BCUT2D eigenvalue weighted by Gasteiger charge is 2.08. The first kappa shape index (κ1) is 17.7. The van der Waals surface area contributed by atoms with Gasteiger partial charge in [0.25, 0.3) is 0 Å². The maximum Gasteiger partial charge on any atom is 0.306 e. The molecule has 0 bridgehead atoms. The van der Waals surface area contributed by atoms with Crippen molar-refractivity contribution >= 4 is 16.0 Å². The van der Waals surface area contributed by atoms with Gasteiger partial charge in [0.1, 0.15) is 0 Å². The standard InChI is InChI=1S/C15H23NO4S/c1-12(2)4-3-11-20-15(17)10-7-13-5-8-14(9-6-13)21(16,18)19/h5-6,8-9,12H,3-4,7,10-11H2,1-2H3,(H2,16,18,19). The molecule has 1 aromatic carbocycles.